The standard InChI is InChI=1S/C13H13NO/c15-8-6-11-3-1-4-12(9-11)13-5-2-7-14-10-13/h1-5,7,9-10,15H,6,8H2. The Morgan fingerprint density at radius 3 is 2.67 bits per heavy atom. The third kappa shape index (κ3) is 2.42. The maximum atomic E-state index is 8.87. The van der Waals surface area contributed by atoms with Crippen LogP contribution in [0.2, 0.25) is 0 Å². The highest BCUT2D eigenvalue weighted by Gasteiger charge is 1.98. The van der Waals surface area contributed by atoms with E-state index in [9.17, 15) is 0 Å². The number of aromatic nitrogens is 1. The Bertz CT molecular complexity index is 426. The van der Waals surface area contributed by atoms with Crippen LogP contribution < -0.4 is 0 Å². The van der Waals surface area contributed by atoms with Crippen molar-refractivity contribution in [3.05, 3.63) is 54.4 Å². The first-order valence-corrected chi connectivity index (χ1v) is 5.00. The molecule has 0 amide bonds. The number of nitrogens with zero attached hydrogens (tertiary/aromatic N) is 1. The quantitative estimate of drug-likeness (QED) is 0.822. The van der Waals surface area contributed by atoms with Gasteiger partial charge in [-0.2, -0.15) is 0 Å². The van der Waals surface area contributed by atoms with E-state index in [0.29, 0.717) is 6.42 Å². The van der Waals surface area contributed by atoms with Crippen molar-refractivity contribution >= 4 is 0 Å². The van der Waals surface area contributed by atoms with Gasteiger partial charge in [0.2, 0.25) is 0 Å². The first-order valence-electron chi connectivity index (χ1n) is 5.00. The molecule has 0 unspecified atom stereocenters. The highest BCUT2D eigenvalue weighted by atomic mass is 16.2. The van der Waals surface area contributed by atoms with Crippen LogP contribution in [-0.4, -0.2) is 16.7 Å². The zero-order valence-corrected chi connectivity index (χ0v) is 8.43. The zero-order valence-electron chi connectivity index (χ0n) is 8.43. The lowest BCUT2D eigenvalue weighted by molar-refractivity contribution is 0.299. The van der Waals surface area contributed by atoms with Crippen molar-refractivity contribution in [1.29, 1.82) is 0 Å². The van der Waals surface area contributed by atoms with Crippen LogP contribution in [0.15, 0.2) is 48.8 Å². The molecule has 2 heteroatoms. The first kappa shape index (κ1) is 9.87. The molecule has 1 heterocycles. The normalized spacial score (nSPS) is 10.2. The summed E-state index contributed by atoms with van der Waals surface area (Å²) in [7, 11) is 0. The van der Waals surface area contributed by atoms with E-state index in [-0.39, 0.29) is 6.61 Å². The predicted molar refractivity (Wildman–Crippen MR) is 60.5 cm³/mol. The molecule has 15 heavy (non-hydrogen) atoms. The van der Waals surface area contributed by atoms with Gasteiger partial charge in [-0.15, -0.1) is 0 Å². The number of pyridine rings is 1. The Morgan fingerprint density at radius 1 is 1.07 bits per heavy atom. The molecule has 0 fully saturated rings. The molecule has 1 N–H and O–H groups in total. The molecule has 0 aliphatic heterocycles. The lowest BCUT2D eigenvalue weighted by Gasteiger charge is -2.03. The van der Waals surface area contributed by atoms with Crippen molar-refractivity contribution in [3.63, 3.8) is 0 Å². The molecule has 0 bridgehead atoms. The number of hydrogen-bond acceptors (Lipinski definition) is 2. The fourth-order valence-corrected chi connectivity index (χ4v) is 1.57. The summed E-state index contributed by atoms with van der Waals surface area (Å²) in [5.74, 6) is 0. The van der Waals surface area contributed by atoms with Crippen molar-refractivity contribution in [2.45, 2.75) is 6.42 Å². The van der Waals surface area contributed by atoms with Crippen molar-refractivity contribution < 1.29 is 5.11 Å². The van der Waals surface area contributed by atoms with Gasteiger partial charge in [0.15, 0.2) is 0 Å². The van der Waals surface area contributed by atoms with Gasteiger partial charge in [-0.1, -0.05) is 30.3 Å². The molecule has 2 nitrogen and oxygen atoms in total. The van der Waals surface area contributed by atoms with Crippen LogP contribution in [-0.2, 0) is 6.42 Å². The van der Waals surface area contributed by atoms with Gasteiger partial charge in [0.1, 0.15) is 0 Å². The fraction of sp³-hybridized carbons (Fsp3) is 0.154. The van der Waals surface area contributed by atoms with Crippen LogP contribution in [0.1, 0.15) is 5.56 Å². The Hall–Kier alpha value is -1.67. The second kappa shape index (κ2) is 4.71. The average Bonchev–Trinajstić information content (AvgIpc) is 2.31. The lowest BCUT2D eigenvalue weighted by atomic mass is 10.0. The molecule has 0 spiro atoms. The van der Waals surface area contributed by atoms with Gasteiger partial charge in [0, 0.05) is 19.0 Å². The molecule has 0 saturated carbocycles. The van der Waals surface area contributed by atoms with Gasteiger partial charge in [0.25, 0.3) is 0 Å². The maximum Gasteiger partial charge on any atom is 0.0471 e. The summed E-state index contributed by atoms with van der Waals surface area (Å²) in [5.41, 5.74) is 3.41. The molecule has 2 aromatic rings. The van der Waals surface area contributed by atoms with Crippen LogP contribution in [0.3, 0.4) is 0 Å². The molecule has 2 rings (SSSR count). The SMILES string of the molecule is OCCc1cccc(-c2cccnc2)c1. The van der Waals surface area contributed by atoms with Gasteiger partial charge in [-0.25, -0.2) is 0 Å². The van der Waals surface area contributed by atoms with E-state index in [0.717, 1.165) is 16.7 Å². The smallest absolute Gasteiger partial charge is 0.0471 e. The van der Waals surface area contributed by atoms with Crippen molar-refractivity contribution in [3.8, 4) is 11.1 Å². The minimum atomic E-state index is 0.191. The highest BCUT2D eigenvalue weighted by Crippen LogP contribution is 2.19. The topological polar surface area (TPSA) is 33.1 Å². The van der Waals surface area contributed by atoms with Crippen molar-refractivity contribution in [1.82, 2.24) is 4.98 Å². The van der Waals surface area contributed by atoms with Crippen LogP contribution >= 0.6 is 0 Å². The van der Waals surface area contributed by atoms with Gasteiger partial charge in [-0.05, 0) is 29.2 Å². The largest absolute Gasteiger partial charge is 0.396 e. The minimum Gasteiger partial charge on any atom is -0.396 e. The predicted octanol–water partition coefficient (Wildman–Crippen LogP) is 2.28. The Balaban J connectivity index is 2.33. The van der Waals surface area contributed by atoms with E-state index >= 15 is 0 Å². The summed E-state index contributed by atoms with van der Waals surface area (Å²) in [6.07, 6.45) is 4.31. The maximum absolute atomic E-state index is 8.87. The van der Waals surface area contributed by atoms with Gasteiger partial charge in [0.05, 0.1) is 0 Å². The second-order valence-electron chi connectivity index (χ2n) is 3.42. The minimum absolute atomic E-state index is 0.191. The first-order chi connectivity index (χ1) is 7.40. The van der Waals surface area contributed by atoms with E-state index in [4.69, 9.17) is 5.11 Å². The molecular formula is C13H13NO. The molecule has 1 aromatic carbocycles. The van der Waals surface area contributed by atoms with Gasteiger partial charge in [-0.3, -0.25) is 4.98 Å². The summed E-state index contributed by atoms with van der Waals surface area (Å²) >= 11 is 0. The number of benzene rings is 1. The number of hydrogen-bond donors (Lipinski definition) is 1. The molecule has 0 aliphatic carbocycles. The number of rotatable bonds is 3. The monoisotopic (exact) mass is 199 g/mol. The summed E-state index contributed by atoms with van der Waals surface area (Å²) in [4.78, 5) is 4.09. The molecule has 0 saturated heterocycles. The van der Waals surface area contributed by atoms with Crippen LogP contribution in [0.5, 0.6) is 0 Å². The van der Waals surface area contributed by atoms with E-state index in [2.05, 4.69) is 17.1 Å². The zero-order chi connectivity index (χ0) is 10.5. The van der Waals surface area contributed by atoms with E-state index in [1.807, 2.05) is 30.5 Å². The highest BCUT2D eigenvalue weighted by molar-refractivity contribution is 5.62. The summed E-state index contributed by atoms with van der Waals surface area (Å²) < 4.78 is 0. The molecule has 0 atom stereocenters. The Labute approximate surface area is 89.2 Å². The third-order valence-electron chi connectivity index (χ3n) is 2.32. The number of aliphatic hydroxyl groups is 1. The van der Waals surface area contributed by atoms with Gasteiger partial charge < -0.3 is 5.11 Å². The summed E-state index contributed by atoms with van der Waals surface area (Å²) in [6, 6.07) is 12.1. The Morgan fingerprint density at radius 2 is 1.93 bits per heavy atom. The molecule has 1 aromatic heterocycles. The molecular weight excluding hydrogens is 186 g/mol. The molecule has 76 valence electrons. The summed E-state index contributed by atoms with van der Waals surface area (Å²) in [5, 5.41) is 8.87. The van der Waals surface area contributed by atoms with E-state index < -0.39 is 0 Å². The Kier molecular flexibility index (Phi) is 3.10. The van der Waals surface area contributed by atoms with Crippen LogP contribution in [0, 0.1) is 0 Å². The van der Waals surface area contributed by atoms with Crippen LogP contribution in [0.4, 0.5) is 0 Å². The average molecular weight is 199 g/mol. The second-order valence-corrected chi connectivity index (χ2v) is 3.42. The lowest BCUT2D eigenvalue weighted by Crippen LogP contribution is -1.90. The van der Waals surface area contributed by atoms with Crippen LogP contribution in [0.25, 0.3) is 11.1 Å². The molecule has 0 aliphatic rings. The van der Waals surface area contributed by atoms with E-state index in [1.165, 1.54) is 0 Å². The summed E-state index contributed by atoms with van der Waals surface area (Å²) in [6.45, 7) is 0.191. The number of aliphatic hydroxyl groups excluding tert-OH is 1. The fourth-order valence-electron chi connectivity index (χ4n) is 1.57. The van der Waals surface area contributed by atoms with Gasteiger partial charge >= 0.3 is 0 Å². The van der Waals surface area contributed by atoms with E-state index in [1.54, 1.807) is 6.20 Å². The molecule has 0 radical (unpaired) electrons. The van der Waals surface area contributed by atoms with Crippen molar-refractivity contribution in [2.24, 2.45) is 0 Å². The third-order valence-corrected chi connectivity index (χ3v) is 2.32. The van der Waals surface area contributed by atoms with Crippen molar-refractivity contribution in [2.75, 3.05) is 6.61 Å².